The fourth-order valence-electron chi connectivity index (χ4n) is 2.84. The zero-order valence-corrected chi connectivity index (χ0v) is 14.8. The van der Waals surface area contributed by atoms with Crippen molar-refractivity contribution in [3.63, 3.8) is 0 Å². The van der Waals surface area contributed by atoms with Crippen LogP contribution >= 0.6 is 11.6 Å². The van der Waals surface area contributed by atoms with Gasteiger partial charge in [0.05, 0.1) is 12.7 Å². The molecule has 138 valence electrons. The molecule has 1 fully saturated rings. The summed E-state index contributed by atoms with van der Waals surface area (Å²) in [5.41, 5.74) is 1.29. The highest BCUT2D eigenvalue weighted by Gasteiger charge is 2.22. The van der Waals surface area contributed by atoms with E-state index in [1.807, 2.05) is 24.3 Å². The molecule has 0 bridgehead atoms. The number of amides is 1. The van der Waals surface area contributed by atoms with E-state index in [1.165, 1.54) is 6.07 Å². The molecule has 7 heteroatoms. The molecule has 4 nitrogen and oxygen atoms in total. The Hall–Kier alpha value is -2.02. The number of ether oxygens (including phenoxy) is 1. The van der Waals surface area contributed by atoms with Crippen LogP contribution in [0.15, 0.2) is 42.5 Å². The number of nitrogens with zero attached hydrogens (tertiary/aromatic N) is 1. The second-order valence-corrected chi connectivity index (χ2v) is 6.58. The average Bonchev–Trinajstić information content (AvgIpc) is 2.64. The first-order valence-electron chi connectivity index (χ1n) is 8.35. The van der Waals surface area contributed by atoms with Gasteiger partial charge in [-0.15, -0.1) is 0 Å². The van der Waals surface area contributed by atoms with E-state index in [4.69, 9.17) is 16.3 Å². The lowest BCUT2D eigenvalue weighted by molar-refractivity contribution is -0.117. The summed E-state index contributed by atoms with van der Waals surface area (Å²) in [5.74, 6) is -2.17. The minimum atomic E-state index is -0.984. The van der Waals surface area contributed by atoms with Gasteiger partial charge >= 0.3 is 0 Å². The van der Waals surface area contributed by atoms with E-state index >= 15 is 0 Å². The predicted octanol–water partition coefficient (Wildman–Crippen LogP) is 4.02. The normalized spacial score (nSPS) is 17.9. The second-order valence-electron chi connectivity index (χ2n) is 6.14. The minimum absolute atomic E-state index is 0.0599. The van der Waals surface area contributed by atoms with Crippen molar-refractivity contribution in [2.75, 3.05) is 31.6 Å². The van der Waals surface area contributed by atoms with Gasteiger partial charge in [-0.2, -0.15) is 0 Å². The van der Waals surface area contributed by atoms with Crippen LogP contribution in [0.5, 0.6) is 0 Å². The number of hydrogen-bond acceptors (Lipinski definition) is 3. The average molecular weight is 381 g/mol. The van der Waals surface area contributed by atoms with Crippen molar-refractivity contribution in [1.29, 1.82) is 0 Å². The number of hydrogen-bond donors (Lipinski definition) is 1. The van der Waals surface area contributed by atoms with Gasteiger partial charge in [-0.3, -0.25) is 9.69 Å². The SMILES string of the molecule is O=C(CCN1CCOC(c2ccc(Cl)cc2)C1)Nc1ccc(F)c(F)c1. The zero-order valence-electron chi connectivity index (χ0n) is 14.1. The van der Waals surface area contributed by atoms with Crippen molar-refractivity contribution >= 4 is 23.2 Å². The Labute approximate surface area is 155 Å². The maximum atomic E-state index is 13.2. The summed E-state index contributed by atoms with van der Waals surface area (Å²) in [4.78, 5) is 14.2. The standard InChI is InChI=1S/C19H19ClF2N2O2/c20-14-3-1-13(2-4-14)18-12-24(9-10-26-18)8-7-19(25)23-15-5-6-16(21)17(22)11-15/h1-6,11,18H,7-10,12H2,(H,23,25). The molecule has 1 N–H and O–H groups in total. The summed E-state index contributed by atoms with van der Waals surface area (Å²) in [5, 5.41) is 3.26. The van der Waals surface area contributed by atoms with E-state index in [2.05, 4.69) is 10.2 Å². The van der Waals surface area contributed by atoms with Gasteiger partial charge in [-0.1, -0.05) is 23.7 Å². The first-order valence-corrected chi connectivity index (χ1v) is 8.73. The summed E-state index contributed by atoms with van der Waals surface area (Å²) >= 11 is 5.91. The Bertz CT molecular complexity index is 771. The van der Waals surface area contributed by atoms with Crippen molar-refractivity contribution in [2.45, 2.75) is 12.5 Å². The van der Waals surface area contributed by atoms with E-state index in [9.17, 15) is 13.6 Å². The summed E-state index contributed by atoms with van der Waals surface area (Å²) in [6.45, 7) is 2.56. The highest BCUT2D eigenvalue weighted by molar-refractivity contribution is 6.30. The Morgan fingerprint density at radius 1 is 1.19 bits per heavy atom. The van der Waals surface area contributed by atoms with Crippen LogP contribution in [0.25, 0.3) is 0 Å². The van der Waals surface area contributed by atoms with Crippen molar-refractivity contribution < 1.29 is 18.3 Å². The van der Waals surface area contributed by atoms with E-state index in [-0.39, 0.29) is 24.1 Å². The number of halogens is 3. The van der Waals surface area contributed by atoms with Gasteiger partial charge in [-0.25, -0.2) is 8.78 Å². The third-order valence-electron chi connectivity index (χ3n) is 4.25. The number of morpholine rings is 1. The molecule has 1 aliphatic heterocycles. The van der Waals surface area contributed by atoms with Crippen LogP contribution in [-0.2, 0) is 9.53 Å². The molecule has 26 heavy (non-hydrogen) atoms. The lowest BCUT2D eigenvalue weighted by atomic mass is 10.1. The van der Waals surface area contributed by atoms with Crippen LogP contribution in [0.2, 0.25) is 5.02 Å². The highest BCUT2D eigenvalue weighted by atomic mass is 35.5. The van der Waals surface area contributed by atoms with Gasteiger partial charge in [0.15, 0.2) is 11.6 Å². The maximum Gasteiger partial charge on any atom is 0.225 e. The van der Waals surface area contributed by atoms with E-state index < -0.39 is 11.6 Å². The molecule has 0 aromatic heterocycles. The monoisotopic (exact) mass is 380 g/mol. The molecule has 1 atom stereocenters. The largest absolute Gasteiger partial charge is 0.371 e. The highest BCUT2D eigenvalue weighted by Crippen LogP contribution is 2.23. The van der Waals surface area contributed by atoms with Crippen molar-refractivity contribution in [3.05, 3.63) is 64.7 Å². The summed E-state index contributed by atoms with van der Waals surface area (Å²) < 4.78 is 31.9. The van der Waals surface area contributed by atoms with Crippen LogP contribution < -0.4 is 5.32 Å². The molecule has 0 spiro atoms. The van der Waals surface area contributed by atoms with E-state index in [1.54, 1.807) is 0 Å². The molecular formula is C19H19ClF2N2O2. The third-order valence-corrected chi connectivity index (χ3v) is 4.50. The van der Waals surface area contributed by atoms with Crippen LogP contribution in [-0.4, -0.2) is 37.0 Å². The second kappa shape index (κ2) is 8.58. The number of benzene rings is 2. The van der Waals surface area contributed by atoms with Gasteiger partial charge in [-0.05, 0) is 29.8 Å². The molecule has 3 rings (SSSR count). The fraction of sp³-hybridized carbons (Fsp3) is 0.316. The zero-order chi connectivity index (χ0) is 18.5. The molecule has 0 radical (unpaired) electrons. The first kappa shape index (κ1) is 18.8. The van der Waals surface area contributed by atoms with Crippen molar-refractivity contribution in [2.24, 2.45) is 0 Å². The minimum Gasteiger partial charge on any atom is -0.371 e. The number of carbonyl (C=O) groups is 1. The number of carbonyl (C=O) groups excluding carboxylic acids is 1. The predicted molar refractivity (Wildman–Crippen MR) is 96.2 cm³/mol. The van der Waals surface area contributed by atoms with Crippen LogP contribution in [0.4, 0.5) is 14.5 Å². The van der Waals surface area contributed by atoms with Crippen molar-refractivity contribution in [1.82, 2.24) is 4.90 Å². The summed E-state index contributed by atoms with van der Waals surface area (Å²) in [7, 11) is 0. The first-order chi connectivity index (χ1) is 12.5. The number of nitrogens with one attached hydrogen (secondary N) is 1. The molecule has 2 aromatic rings. The van der Waals surface area contributed by atoms with Gasteiger partial charge in [0.2, 0.25) is 5.91 Å². The Morgan fingerprint density at radius 3 is 2.69 bits per heavy atom. The summed E-state index contributed by atoms with van der Waals surface area (Å²) in [6, 6.07) is 10.8. The molecule has 1 unspecified atom stereocenters. The molecule has 1 amide bonds. The third kappa shape index (κ3) is 5.00. The van der Waals surface area contributed by atoms with Crippen LogP contribution in [0, 0.1) is 11.6 Å². The quantitative estimate of drug-likeness (QED) is 0.851. The smallest absolute Gasteiger partial charge is 0.225 e. The fourth-order valence-corrected chi connectivity index (χ4v) is 2.97. The number of rotatable bonds is 5. The van der Waals surface area contributed by atoms with E-state index in [0.29, 0.717) is 24.7 Å². The van der Waals surface area contributed by atoms with Crippen molar-refractivity contribution in [3.8, 4) is 0 Å². The molecule has 1 aliphatic rings. The molecular weight excluding hydrogens is 362 g/mol. The molecule has 1 saturated heterocycles. The maximum absolute atomic E-state index is 13.2. The Balaban J connectivity index is 1.49. The van der Waals surface area contributed by atoms with Crippen LogP contribution in [0.3, 0.4) is 0 Å². The summed E-state index contributed by atoms with van der Waals surface area (Å²) in [6.07, 6.45) is 0.196. The lowest BCUT2D eigenvalue weighted by Gasteiger charge is -2.33. The van der Waals surface area contributed by atoms with Gasteiger partial charge in [0, 0.05) is 42.8 Å². The Morgan fingerprint density at radius 2 is 1.96 bits per heavy atom. The number of anilines is 1. The van der Waals surface area contributed by atoms with E-state index in [0.717, 1.165) is 24.2 Å². The lowest BCUT2D eigenvalue weighted by Crippen LogP contribution is -2.39. The molecule has 0 aliphatic carbocycles. The Kier molecular flexibility index (Phi) is 6.19. The van der Waals surface area contributed by atoms with Gasteiger partial charge in [0.1, 0.15) is 0 Å². The topological polar surface area (TPSA) is 41.6 Å². The molecule has 0 saturated carbocycles. The molecule has 1 heterocycles. The van der Waals surface area contributed by atoms with Gasteiger partial charge < -0.3 is 10.1 Å². The van der Waals surface area contributed by atoms with Gasteiger partial charge in [0.25, 0.3) is 0 Å². The molecule has 2 aromatic carbocycles. The van der Waals surface area contributed by atoms with Crippen LogP contribution in [0.1, 0.15) is 18.1 Å².